The predicted octanol–water partition coefficient (Wildman–Crippen LogP) is 4.01. The summed E-state index contributed by atoms with van der Waals surface area (Å²) in [5.41, 5.74) is -0.568. The van der Waals surface area contributed by atoms with Crippen molar-refractivity contribution in [3.8, 4) is 5.75 Å². The van der Waals surface area contributed by atoms with Crippen LogP contribution in [0.25, 0.3) is 0 Å². The van der Waals surface area contributed by atoms with E-state index in [0.717, 1.165) is 17.7 Å². The Kier molecular flexibility index (Phi) is 6.68. The molecular formula is C18H16ClF3N2O3. The summed E-state index contributed by atoms with van der Waals surface area (Å²) in [6, 6.07) is 9.31. The molecule has 0 unspecified atom stereocenters. The number of hydrogen-bond acceptors (Lipinski definition) is 3. The zero-order valence-electron chi connectivity index (χ0n) is 14.2. The highest BCUT2D eigenvalue weighted by atomic mass is 35.5. The topological polar surface area (TPSA) is 67.4 Å². The molecule has 2 aromatic rings. The molecule has 0 aliphatic rings. The minimum atomic E-state index is -4.60. The van der Waals surface area contributed by atoms with Gasteiger partial charge in [0.1, 0.15) is 5.75 Å². The number of anilines is 1. The normalized spacial score (nSPS) is 11.0. The lowest BCUT2D eigenvalue weighted by molar-refractivity contribution is -0.137. The Morgan fingerprint density at radius 3 is 2.33 bits per heavy atom. The summed E-state index contributed by atoms with van der Waals surface area (Å²) in [4.78, 5) is 23.8. The number of amides is 2. The van der Waals surface area contributed by atoms with Gasteiger partial charge in [-0.3, -0.25) is 9.59 Å². The molecule has 2 rings (SSSR count). The fraction of sp³-hybridized carbons (Fsp3) is 0.222. The average Bonchev–Trinajstić information content (AvgIpc) is 2.62. The Hall–Kier alpha value is -2.74. The standard InChI is InChI=1S/C18H16ClF3N2O3/c1-2-27-13-6-3-11(4-7-13)10-23-16(25)17(26)24-15-9-12(18(20,21)22)5-8-14(15)19/h3-9H,2,10H2,1H3,(H,23,25)(H,24,26). The van der Waals surface area contributed by atoms with E-state index in [1.807, 2.05) is 6.92 Å². The molecule has 144 valence electrons. The second-order valence-electron chi connectivity index (χ2n) is 5.41. The number of benzene rings is 2. The Morgan fingerprint density at radius 2 is 1.74 bits per heavy atom. The van der Waals surface area contributed by atoms with Crippen molar-refractivity contribution in [2.24, 2.45) is 0 Å². The van der Waals surface area contributed by atoms with E-state index < -0.39 is 23.6 Å². The fourth-order valence-corrected chi connectivity index (χ4v) is 2.27. The first kappa shape index (κ1) is 20.6. The highest BCUT2D eigenvalue weighted by molar-refractivity contribution is 6.41. The number of ether oxygens (including phenoxy) is 1. The Balaban J connectivity index is 1.96. The molecule has 9 heteroatoms. The number of carbonyl (C=O) groups excluding carboxylic acids is 2. The second kappa shape index (κ2) is 8.77. The van der Waals surface area contributed by atoms with Crippen LogP contribution in [0.3, 0.4) is 0 Å². The van der Waals surface area contributed by atoms with Crippen LogP contribution in [0.2, 0.25) is 5.02 Å². The highest BCUT2D eigenvalue weighted by Gasteiger charge is 2.31. The number of halogens is 4. The van der Waals surface area contributed by atoms with E-state index in [1.165, 1.54) is 0 Å². The first-order valence-corrected chi connectivity index (χ1v) is 8.26. The second-order valence-corrected chi connectivity index (χ2v) is 5.81. The molecule has 0 saturated carbocycles. The third-order valence-corrected chi connectivity index (χ3v) is 3.77. The van der Waals surface area contributed by atoms with E-state index in [9.17, 15) is 22.8 Å². The third kappa shape index (κ3) is 5.89. The van der Waals surface area contributed by atoms with Crippen molar-refractivity contribution in [2.45, 2.75) is 19.6 Å². The van der Waals surface area contributed by atoms with Crippen LogP contribution >= 0.6 is 11.6 Å². The van der Waals surface area contributed by atoms with Crippen LogP contribution in [0.1, 0.15) is 18.1 Å². The molecular weight excluding hydrogens is 385 g/mol. The van der Waals surface area contributed by atoms with Gasteiger partial charge in [-0.05, 0) is 42.8 Å². The van der Waals surface area contributed by atoms with Crippen LogP contribution in [-0.2, 0) is 22.3 Å². The van der Waals surface area contributed by atoms with Crippen LogP contribution in [0.4, 0.5) is 18.9 Å². The van der Waals surface area contributed by atoms with E-state index in [1.54, 1.807) is 24.3 Å². The molecule has 0 spiro atoms. The monoisotopic (exact) mass is 400 g/mol. The van der Waals surface area contributed by atoms with Crippen molar-refractivity contribution >= 4 is 29.1 Å². The minimum absolute atomic E-state index is 0.0645. The van der Waals surface area contributed by atoms with Gasteiger partial charge in [-0.15, -0.1) is 0 Å². The summed E-state index contributed by atoms with van der Waals surface area (Å²) in [6.07, 6.45) is -4.60. The van der Waals surface area contributed by atoms with E-state index in [-0.39, 0.29) is 17.3 Å². The highest BCUT2D eigenvalue weighted by Crippen LogP contribution is 2.33. The minimum Gasteiger partial charge on any atom is -0.494 e. The van der Waals surface area contributed by atoms with E-state index >= 15 is 0 Å². The summed E-state index contributed by atoms with van der Waals surface area (Å²) in [5, 5.41) is 4.34. The van der Waals surface area contributed by atoms with Gasteiger partial charge in [-0.1, -0.05) is 23.7 Å². The van der Waals surface area contributed by atoms with Crippen molar-refractivity contribution in [3.63, 3.8) is 0 Å². The van der Waals surface area contributed by atoms with Gasteiger partial charge in [-0.25, -0.2) is 0 Å². The molecule has 0 bridgehead atoms. The number of alkyl halides is 3. The lowest BCUT2D eigenvalue weighted by Crippen LogP contribution is -2.35. The first-order chi connectivity index (χ1) is 12.7. The summed E-state index contributed by atoms with van der Waals surface area (Å²) in [5.74, 6) is -1.45. The third-order valence-electron chi connectivity index (χ3n) is 3.44. The number of rotatable bonds is 5. The molecule has 0 aliphatic carbocycles. The van der Waals surface area contributed by atoms with Crippen LogP contribution < -0.4 is 15.4 Å². The van der Waals surface area contributed by atoms with Crippen molar-refractivity contribution < 1.29 is 27.5 Å². The quantitative estimate of drug-likeness (QED) is 0.745. The van der Waals surface area contributed by atoms with Crippen LogP contribution in [0.15, 0.2) is 42.5 Å². The summed E-state index contributed by atoms with van der Waals surface area (Å²) in [7, 11) is 0. The SMILES string of the molecule is CCOc1ccc(CNC(=O)C(=O)Nc2cc(C(F)(F)F)ccc2Cl)cc1. The van der Waals surface area contributed by atoms with Gasteiger partial charge in [0.2, 0.25) is 0 Å². The van der Waals surface area contributed by atoms with Gasteiger partial charge < -0.3 is 15.4 Å². The maximum absolute atomic E-state index is 12.7. The molecule has 0 heterocycles. The molecule has 0 aliphatic heterocycles. The maximum Gasteiger partial charge on any atom is 0.416 e. The largest absolute Gasteiger partial charge is 0.494 e. The molecule has 0 saturated heterocycles. The zero-order chi connectivity index (χ0) is 20.0. The molecule has 0 aromatic heterocycles. The van der Waals surface area contributed by atoms with Gasteiger partial charge >= 0.3 is 18.0 Å². The van der Waals surface area contributed by atoms with E-state index in [4.69, 9.17) is 16.3 Å². The molecule has 2 N–H and O–H groups in total. The lowest BCUT2D eigenvalue weighted by Gasteiger charge is -2.12. The van der Waals surface area contributed by atoms with Crippen molar-refractivity contribution in [1.29, 1.82) is 0 Å². The molecule has 2 aromatic carbocycles. The average molecular weight is 401 g/mol. The van der Waals surface area contributed by atoms with Crippen LogP contribution in [-0.4, -0.2) is 18.4 Å². The Labute approximate surface area is 158 Å². The van der Waals surface area contributed by atoms with Crippen LogP contribution in [0, 0.1) is 0 Å². The number of hydrogen-bond donors (Lipinski definition) is 2. The number of nitrogens with one attached hydrogen (secondary N) is 2. The number of carbonyl (C=O) groups is 2. The summed E-state index contributed by atoms with van der Waals surface area (Å²) < 4.78 is 43.5. The van der Waals surface area contributed by atoms with Crippen molar-refractivity contribution in [2.75, 3.05) is 11.9 Å². The Morgan fingerprint density at radius 1 is 1.07 bits per heavy atom. The summed E-state index contributed by atoms with van der Waals surface area (Å²) >= 11 is 5.78. The van der Waals surface area contributed by atoms with E-state index in [0.29, 0.717) is 18.4 Å². The maximum atomic E-state index is 12.7. The predicted molar refractivity (Wildman–Crippen MR) is 94.5 cm³/mol. The van der Waals surface area contributed by atoms with Crippen LogP contribution in [0.5, 0.6) is 5.75 Å². The van der Waals surface area contributed by atoms with Crippen molar-refractivity contribution in [3.05, 3.63) is 58.6 Å². The molecule has 0 fully saturated rings. The van der Waals surface area contributed by atoms with Crippen molar-refractivity contribution in [1.82, 2.24) is 5.32 Å². The lowest BCUT2D eigenvalue weighted by atomic mass is 10.2. The molecule has 5 nitrogen and oxygen atoms in total. The molecule has 0 atom stereocenters. The zero-order valence-corrected chi connectivity index (χ0v) is 14.9. The van der Waals surface area contributed by atoms with Gasteiger partial charge in [-0.2, -0.15) is 13.2 Å². The molecule has 2 amide bonds. The van der Waals surface area contributed by atoms with Gasteiger partial charge in [0, 0.05) is 6.54 Å². The van der Waals surface area contributed by atoms with Gasteiger partial charge in [0.25, 0.3) is 0 Å². The summed E-state index contributed by atoms with van der Waals surface area (Å²) in [6.45, 7) is 2.44. The smallest absolute Gasteiger partial charge is 0.416 e. The van der Waals surface area contributed by atoms with Gasteiger partial charge in [0.15, 0.2) is 0 Å². The van der Waals surface area contributed by atoms with E-state index in [2.05, 4.69) is 10.6 Å². The Bertz CT molecular complexity index is 824. The fourth-order valence-electron chi connectivity index (χ4n) is 2.11. The van der Waals surface area contributed by atoms with Gasteiger partial charge in [0.05, 0.1) is 22.9 Å². The molecule has 27 heavy (non-hydrogen) atoms. The first-order valence-electron chi connectivity index (χ1n) is 7.88. The molecule has 0 radical (unpaired) electrons.